The number of nitrogens with zero attached hydrogens (tertiary/aromatic N) is 4. The Morgan fingerprint density at radius 1 is 1.25 bits per heavy atom. The van der Waals surface area contributed by atoms with Gasteiger partial charge in [0.15, 0.2) is 0 Å². The summed E-state index contributed by atoms with van der Waals surface area (Å²) in [6, 6.07) is 4.60. The minimum absolute atomic E-state index is 0.101. The van der Waals surface area contributed by atoms with Crippen LogP contribution in [-0.4, -0.2) is 54.5 Å². The third-order valence-corrected chi connectivity index (χ3v) is 4.93. The van der Waals surface area contributed by atoms with E-state index in [1.165, 1.54) is 6.42 Å². The molecule has 0 saturated carbocycles. The smallest absolute Gasteiger partial charge is 0.318 e. The third-order valence-electron chi connectivity index (χ3n) is 4.93. The molecule has 7 nitrogen and oxygen atoms in total. The van der Waals surface area contributed by atoms with Gasteiger partial charge in [-0.3, -0.25) is 4.90 Å². The van der Waals surface area contributed by atoms with E-state index in [2.05, 4.69) is 20.0 Å². The summed E-state index contributed by atoms with van der Waals surface area (Å²) in [5.41, 5.74) is 0.101. The second-order valence-corrected chi connectivity index (χ2v) is 6.97. The number of likely N-dealkylation sites (tertiary alicyclic amines) is 1. The molecule has 0 bridgehead atoms. The largest absolute Gasteiger partial charge is 0.468 e. The molecule has 1 atom stereocenters. The zero-order valence-corrected chi connectivity index (χ0v) is 14.1. The highest BCUT2D eigenvalue weighted by Gasteiger charge is 2.40. The van der Waals surface area contributed by atoms with Gasteiger partial charge in [-0.15, -0.1) is 5.10 Å². The van der Waals surface area contributed by atoms with Gasteiger partial charge in [-0.1, -0.05) is 5.10 Å². The first kappa shape index (κ1) is 15.7. The van der Waals surface area contributed by atoms with Gasteiger partial charge in [0.05, 0.1) is 26.0 Å². The van der Waals surface area contributed by atoms with Crippen LogP contribution in [0.1, 0.15) is 24.5 Å². The SMILES string of the molecule is Cc1nnc(N2CCOCC3(CCCN(Cc4ccco4)C3)C2)o1. The van der Waals surface area contributed by atoms with Crippen LogP contribution in [-0.2, 0) is 11.3 Å². The Bertz CT molecular complexity index is 657. The minimum atomic E-state index is 0.101. The fourth-order valence-electron chi connectivity index (χ4n) is 3.89. The normalized spacial score (nSPS) is 26.0. The maximum atomic E-state index is 5.95. The van der Waals surface area contributed by atoms with E-state index >= 15 is 0 Å². The van der Waals surface area contributed by atoms with Crippen LogP contribution in [0.5, 0.6) is 0 Å². The average molecular weight is 332 g/mol. The Morgan fingerprint density at radius 3 is 3.00 bits per heavy atom. The number of piperidine rings is 1. The molecule has 2 aromatic rings. The summed E-state index contributed by atoms with van der Waals surface area (Å²) in [5, 5.41) is 8.16. The molecular weight excluding hydrogens is 308 g/mol. The molecule has 2 aromatic heterocycles. The number of furan rings is 1. The number of ether oxygens (including phenoxy) is 1. The number of anilines is 1. The van der Waals surface area contributed by atoms with Gasteiger partial charge < -0.3 is 18.5 Å². The molecule has 0 aliphatic carbocycles. The Morgan fingerprint density at radius 2 is 2.21 bits per heavy atom. The first-order chi connectivity index (χ1) is 11.7. The van der Waals surface area contributed by atoms with Crippen LogP contribution in [0.2, 0.25) is 0 Å². The van der Waals surface area contributed by atoms with Crippen LogP contribution in [0.3, 0.4) is 0 Å². The summed E-state index contributed by atoms with van der Waals surface area (Å²) < 4.78 is 17.1. The molecule has 1 unspecified atom stereocenters. The fourth-order valence-corrected chi connectivity index (χ4v) is 3.89. The van der Waals surface area contributed by atoms with Crippen molar-refractivity contribution >= 4 is 6.01 Å². The summed E-state index contributed by atoms with van der Waals surface area (Å²) in [6.07, 6.45) is 4.06. The van der Waals surface area contributed by atoms with E-state index in [1.54, 1.807) is 6.26 Å². The van der Waals surface area contributed by atoms with E-state index in [9.17, 15) is 0 Å². The molecule has 0 aromatic carbocycles. The first-order valence-corrected chi connectivity index (χ1v) is 8.60. The van der Waals surface area contributed by atoms with Crippen molar-refractivity contribution in [2.24, 2.45) is 5.41 Å². The van der Waals surface area contributed by atoms with Gasteiger partial charge in [0, 0.05) is 32.0 Å². The Labute approximate surface area is 141 Å². The van der Waals surface area contributed by atoms with Crippen molar-refractivity contribution in [2.45, 2.75) is 26.3 Å². The van der Waals surface area contributed by atoms with Crippen molar-refractivity contribution in [3.63, 3.8) is 0 Å². The second kappa shape index (κ2) is 6.57. The summed E-state index contributed by atoms with van der Waals surface area (Å²) in [4.78, 5) is 4.65. The number of rotatable bonds is 3. The molecule has 24 heavy (non-hydrogen) atoms. The van der Waals surface area contributed by atoms with Crippen molar-refractivity contribution in [1.82, 2.24) is 15.1 Å². The molecule has 4 rings (SSSR count). The van der Waals surface area contributed by atoms with E-state index in [4.69, 9.17) is 13.6 Å². The standard InChI is InChI=1S/C17H24N4O3/c1-14-18-19-16(24-14)21-7-9-22-13-17(12-21)5-3-6-20(11-17)10-15-4-2-8-23-15/h2,4,8H,3,5-7,9-13H2,1H3. The topological polar surface area (TPSA) is 67.8 Å². The molecule has 130 valence electrons. The molecule has 2 fully saturated rings. The average Bonchev–Trinajstić information content (AvgIpc) is 3.18. The van der Waals surface area contributed by atoms with Gasteiger partial charge >= 0.3 is 6.01 Å². The third kappa shape index (κ3) is 3.32. The van der Waals surface area contributed by atoms with E-state index in [1.807, 2.05) is 19.1 Å². The molecule has 0 radical (unpaired) electrons. The Hall–Kier alpha value is -1.86. The van der Waals surface area contributed by atoms with Crippen LogP contribution < -0.4 is 4.90 Å². The first-order valence-electron chi connectivity index (χ1n) is 8.60. The van der Waals surface area contributed by atoms with Crippen molar-refractivity contribution in [1.29, 1.82) is 0 Å². The number of hydrogen-bond acceptors (Lipinski definition) is 7. The predicted octanol–water partition coefficient (Wildman–Crippen LogP) is 2.09. The van der Waals surface area contributed by atoms with Crippen molar-refractivity contribution in [2.75, 3.05) is 44.3 Å². The van der Waals surface area contributed by atoms with E-state index < -0.39 is 0 Å². The molecule has 2 aliphatic rings. The fraction of sp³-hybridized carbons (Fsp3) is 0.647. The molecule has 0 amide bonds. The lowest BCUT2D eigenvalue weighted by Gasteiger charge is -2.43. The summed E-state index contributed by atoms with van der Waals surface area (Å²) >= 11 is 0. The lowest BCUT2D eigenvalue weighted by atomic mass is 9.80. The quantitative estimate of drug-likeness (QED) is 0.852. The molecule has 0 N–H and O–H groups in total. The number of aromatic nitrogens is 2. The van der Waals surface area contributed by atoms with Gasteiger partial charge in [0.25, 0.3) is 0 Å². The van der Waals surface area contributed by atoms with E-state index in [0.717, 1.165) is 51.5 Å². The highest BCUT2D eigenvalue weighted by Crippen LogP contribution is 2.34. The Kier molecular flexibility index (Phi) is 4.28. The lowest BCUT2D eigenvalue weighted by Crippen LogP contribution is -2.50. The molecule has 7 heteroatoms. The maximum Gasteiger partial charge on any atom is 0.318 e. The zero-order chi connectivity index (χ0) is 16.4. The lowest BCUT2D eigenvalue weighted by molar-refractivity contribution is 0.00868. The molecule has 2 aliphatic heterocycles. The summed E-state index contributed by atoms with van der Waals surface area (Å²) in [7, 11) is 0. The van der Waals surface area contributed by atoms with Gasteiger partial charge in [-0.2, -0.15) is 0 Å². The predicted molar refractivity (Wildman–Crippen MR) is 87.7 cm³/mol. The Balaban J connectivity index is 1.49. The van der Waals surface area contributed by atoms with Crippen LogP contribution >= 0.6 is 0 Å². The maximum absolute atomic E-state index is 5.95. The van der Waals surface area contributed by atoms with Gasteiger partial charge in [-0.05, 0) is 31.5 Å². The molecule has 4 heterocycles. The minimum Gasteiger partial charge on any atom is -0.468 e. The van der Waals surface area contributed by atoms with Gasteiger partial charge in [-0.25, -0.2) is 0 Å². The highest BCUT2D eigenvalue weighted by molar-refractivity contribution is 5.26. The van der Waals surface area contributed by atoms with Gasteiger partial charge in [0.2, 0.25) is 5.89 Å². The van der Waals surface area contributed by atoms with Crippen LogP contribution in [0, 0.1) is 12.3 Å². The van der Waals surface area contributed by atoms with Crippen LogP contribution in [0.4, 0.5) is 6.01 Å². The van der Waals surface area contributed by atoms with Crippen molar-refractivity contribution < 1.29 is 13.6 Å². The van der Waals surface area contributed by atoms with E-state index in [-0.39, 0.29) is 5.41 Å². The molecule has 1 spiro atoms. The highest BCUT2D eigenvalue weighted by atomic mass is 16.5. The second-order valence-electron chi connectivity index (χ2n) is 6.97. The number of aryl methyl sites for hydroxylation is 1. The van der Waals surface area contributed by atoms with Crippen molar-refractivity contribution in [3.8, 4) is 0 Å². The van der Waals surface area contributed by atoms with Crippen LogP contribution in [0.25, 0.3) is 0 Å². The monoisotopic (exact) mass is 332 g/mol. The zero-order valence-electron chi connectivity index (χ0n) is 14.1. The molecule has 2 saturated heterocycles. The number of hydrogen-bond donors (Lipinski definition) is 0. The molecular formula is C17H24N4O3. The van der Waals surface area contributed by atoms with Crippen molar-refractivity contribution in [3.05, 3.63) is 30.0 Å². The summed E-state index contributed by atoms with van der Waals surface area (Å²) in [5.74, 6) is 1.62. The van der Waals surface area contributed by atoms with Crippen LogP contribution in [0.15, 0.2) is 27.2 Å². The van der Waals surface area contributed by atoms with E-state index in [0.29, 0.717) is 18.5 Å². The van der Waals surface area contributed by atoms with Gasteiger partial charge in [0.1, 0.15) is 5.76 Å². The summed E-state index contributed by atoms with van der Waals surface area (Å²) in [6.45, 7) is 7.94.